The van der Waals surface area contributed by atoms with Crippen molar-refractivity contribution in [3.63, 3.8) is 0 Å². The minimum atomic E-state index is 0.293. The summed E-state index contributed by atoms with van der Waals surface area (Å²) in [5.41, 5.74) is 7.30. The minimum absolute atomic E-state index is 0.293. The number of hydrogen-bond acceptors (Lipinski definition) is 2. The van der Waals surface area contributed by atoms with Gasteiger partial charge in [-0.05, 0) is 59.9 Å². The van der Waals surface area contributed by atoms with Gasteiger partial charge < -0.3 is 5.73 Å². The van der Waals surface area contributed by atoms with Gasteiger partial charge in [-0.15, -0.1) is 0 Å². The molecule has 1 aliphatic rings. The van der Waals surface area contributed by atoms with Gasteiger partial charge in [0.05, 0.1) is 5.02 Å². The fourth-order valence-corrected chi connectivity index (χ4v) is 3.46. The van der Waals surface area contributed by atoms with E-state index in [0.717, 1.165) is 16.0 Å². The van der Waals surface area contributed by atoms with Crippen LogP contribution in [0.5, 0.6) is 0 Å². The van der Waals surface area contributed by atoms with E-state index in [0.29, 0.717) is 18.6 Å². The zero-order chi connectivity index (χ0) is 13.8. The average molecular weight is 346 g/mol. The highest BCUT2D eigenvalue weighted by atomic mass is 79.9. The Morgan fingerprint density at radius 3 is 2.89 bits per heavy atom. The van der Waals surface area contributed by atoms with Crippen molar-refractivity contribution in [1.82, 2.24) is 4.90 Å². The maximum Gasteiger partial charge on any atom is 0.0548 e. The van der Waals surface area contributed by atoms with Crippen LogP contribution in [0.1, 0.15) is 44.2 Å². The number of rotatable bonds is 3. The molecule has 2 N–H and O–H groups in total. The molecule has 2 rings (SSSR count). The van der Waals surface area contributed by atoms with Crippen LogP contribution in [0.15, 0.2) is 22.7 Å². The van der Waals surface area contributed by atoms with Crippen LogP contribution < -0.4 is 5.73 Å². The van der Waals surface area contributed by atoms with E-state index in [1.54, 1.807) is 0 Å². The van der Waals surface area contributed by atoms with E-state index in [4.69, 9.17) is 17.3 Å². The molecule has 1 saturated heterocycles. The van der Waals surface area contributed by atoms with Crippen molar-refractivity contribution in [2.24, 2.45) is 5.73 Å². The monoisotopic (exact) mass is 344 g/mol. The van der Waals surface area contributed by atoms with Crippen LogP contribution in [0.4, 0.5) is 0 Å². The fourth-order valence-electron chi connectivity index (χ4n) is 2.94. The summed E-state index contributed by atoms with van der Waals surface area (Å²) in [5, 5.41) is 0.753. The third-order valence-corrected chi connectivity index (χ3v) is 5.27. The molecule has 1 aromatic rings. The third kappa shape index (κ3) is 3.72. The maximum atomic E-state index is 6.08. The zero-order valence-corrected chi connectivity index (χ0v) is 13.8. The van der Waals surface area contributed by atoms with Crippen molar-refractivity contribution in [2.45, 2.75) is 44.7 Å². The van der Waals surface area contributed by atoms with E-state index in [-0.39, 0.29) is 0 Å². The van der Waals surface area contributed by atoms with Crippen molar-refractivity contribution in [1.29, 1.82) is 0 Å². The molecule has 1 fully saturated rings. The van der Waals surface area contributed by atoms with Crippen LogP contribution in [0, 0.1) is 0 Å². The molecule has 2 unspecified atom stereocenters. The van der Waals surface area contributed by atoms with E-state index >= 15 is 0 Å². The molecule has 19 heavy (non-hydrogen) atoms. The van der Waals surface area contributed by atoms with E-state index in [9.17, 15) is 0 Å². The van der Waals surface area contributed by atoms with Gasteiger partial charge in [0.15, 0.2) is 0 Å². The zero-order valence-electron chi connectivity index (χ0n) is 11.4. The molecule has 0 amide bonds. The molecule has 1 aliphatic heterocycles. The smallest absolute Gasteiger partial charge is 0.0548 e. The van der Waals surface area contributed by atoms with Crippen LogP contribution >= 0.6 is 27.5 Å². The number of likely N-dealkylation sites (tertiary alicyclic amines) is 1. The molecule has 1 heterocycles. The summed E-state index contributed by atoms with van der Waals surface area (Å²) in [5.74, 6) is 0. The summed E-state index contributed by atoms with van der Waals surface area (Å²) in [6, 6.07) is 7.05. The van der Waals surface area contributed by atoms with Crippen LogP contribution in [-0.4, -0.2) is 24.0 Å². The SMILES string of the molecule is CC1CCCCCN1C(CN)c1ccc(Cl)c(Br)c1. The molecule has 0 aliphatic carbocycles. The predicted molar refractivity (Wildman–Crippen MR) is 85.6 cm³/mol. The Hall–Kier alpha value is -0.0900. The van der Waals surface area contributed by atoms with Crippen molar-refractivity contribution in [2.75, 3.05) is 13.1 Å². The van der Waals surface area contributed by atoms with Crippen molar-refractivity contribution < 1.29 is 0 Å². The number of hydrogen-bond donors (Lipinski definition) is 1. The molecule has 106 valence electrons. The fraction of sp³-hybridized carbons (Fsp3) is 0.600. The molecule has 0 radical (unpaired) electrons. The molecule has 4 heteroatoms. The lowest BCUT2D eigenvalue weighted by Crippen LogP contribution is -2.39. The lowest BCUT2D eigenvalue weighted by atomic mass is 10.0. The van der Waals surface area contributed by atoms with Gasteiger partial charge in [-0.2, -0.15) is 0 Å². The second kappa shape index (κ2) is 7.07. The standard InChI is InChI=1S/C15H22BrClN2/c1-11-5-3-2-4-8-19(11)15(10-18)12-6-7-14(17)13(16)9-12/h6-7,9,11,15H,2-5,8,10,18H2,1H3. The Morgan fingerprint density at radius 1 is 1.42 bits per heavy atom. The summed E-state index contributed by atoms with van der Waals surface area (Å²) < 4.78 is 0.951. The maximum absolute atomic E-state index is 6.08. The second-order valence-electron chi connectivity index (χ2n) is 5.36. The van der Waals surface area contributed by atoms with Crippen LogP contribution in [-0.2, 0) is 0 Å². The second-order valence-corrected chi connectivity index (χ2v) is 6.62. The van der Waals surface area contributed by atoms with Gasteiger partial charge in [-0.1, -0.05) is 30.5 Å². The topological polar surface area (TPSA) is 29.3 Å². The lowest BCUT2D eigenvalue weighted by Gasteiger charge is -2.35. The normalized spacial score (nSPS) is 23.1. The summed E-state index contributed by atoms with van der Waals surface area (Å²) >= 11 is 9.58. The molecule has 2 nitrogen and oxygen atoms in total. The van der Waals surface area contributed by atoms with Gasteiger partial charge >= 0.3 is 0 Å². The number of nitrogens with two attached hydrogens (primary N) is 1. The molecule has 0 spiro atoms. The Labute approximate surface area is 129 Å². The van der Waals surface area contributed by atoms with E-state index in [1.807, 2.05) is 6.07 Å². The number of benzene rings is 1. The van der Waals surface area contributed by atoms with Crippen LogP contribution in [0.3, 0.4) is 0 Å². The van der Waals surface area contributed by atoms with E-state index in [2.05, 4.69) is 39.9 Å². The first-order valence-corrected chi connectivity index (χ1v) is 8.21. The molecule has 0 aromatic heterocycles. The molecule has 0 bridgehead atoms. The molecular formula is C15H22BrClN2. The molecule has 1 aromatic carbocycles. The molecule has 2 atom stereocenters. The van der Waals surface area contributed by atoms with Gasteiger partial charge in [0.25, 0.3) is 0 Å². The Kier molecular flexibility index (Phi) is 5.70. The summed E-state index contributed by atoms with van der Waals surface area (Å²) in [6.07, 6.45) is 5.21. The van der Waals surface area contributed by atoms with Crippen molar-refractivity contribution in [3.8, 4) is 0 Å². The van der Waals surface area contributed by atoms with Gasteiger partial charge in [-0.25, -0.2) is 0 Å². The summed E-state index contributed by atoms with van der Waals surface area (Å²) in [7, 11) is 0. The average Bonchev–Trinajstić information content (AvgIpc) is 2.60. The third-order valence-electron chi connectivity index (χ3n) is 4.06. The number of halogens is 2. The Balaban J connectivity index is 2.24. The first-order valence-electron chi connectivity index (χ1n) is 7.04. The van der Waals surface area contributed by atoms with Gasteiger partial charge in [-0.3, -0.25) is 4.90 Å². The van der Waals surface area contributed by atoms with Crippen molar-refractivity contribution >= 4 is 27.5 Å². The highest BCUT2D eigenvalue weighted by molar-refractivity contribution is 9.10. The van der Waals surface area contributed by atoms with Gasteiger partial charge in [0, 0.05) is 23.1 Å². The first kappa shape index (κ1) is 15.3. The highest BCUT2D eigenvalue weighted by Crippen LogP contribution is 2.31. The predicted octanol–water partition coefficient (Wildman–Crippen LogP) is 4.37. The largest absolute Gasteiger partial charge is 0.329 e. The highest BCUT2D eigenvalue weighted by Gasteiger charge is 2.25. The number of nitrogens with zero attached hydrogens (tertiary/aromatic N) is 1. The van der Waals surface area contributed by atoms with Crippen LogP contribution in [0.25, 0.3) is 0 Å². The van der Waals surface area contributed by atoms with E-state index in [1.165, 1.54) is 31.2 Å². The van der Waals surface area contributed by atoms with E-state index < -0.39 is 0 Å². The Bertz CT molecular complexity index is 425. The lowest BCUT2D eigenvalue weighted by molar-refractivity contribution is 0.151. The summed E-state index contributed by atoms with van der Waals surface area (Å²) in [6.45, 7) is 4.11. The van der Waals surface area contributed by atoms with Crippen LogP contribution in [0.2, 0.25) is 5.02 Å². The quantitative estimate of drug-likeness (QED) is 0.881. The minimum Gasteiger partial charge on any atom is -0.329 e. The molecule has 0 saturated carbocycles. The first-order chi connectivity index (χ1) is 9.13. The van der Waals surface area contributed by atoms with Gasteiger partial charge in [0.2, 0.25) is 0 Å². The summed E-state index contributed by atoms with van der Waals surface area (Å²) in [4.78, 5) is 2.56. The Morgan fingerprint density at radius 2 is 2.21 bits per heavy atom. The molecular weight excluding hydrogens is 324 g/mol. The van der Waals surface area contributed by atoms with Gasteiger partial charge in [0.1, 0.15) is 0 Å². The van der Waals surface area contributed by atoms with Crippen molar-refractivity contribution in [3.05, 3.63) is 33.3 Å².